The number of rotatable bonds is 4. The number of amides is 1. The van der Waals surface area contributed by atoms with E-state index in [0.29, 0.717) is 22.3 Å². The van der Waals surface area contributed by atoms with Crippen molar-refractivity contribution in [2.24, 2.45) is 5.92 Å². The molecule has 1 aliphatic rings. The zero-order valence-electron chi connectivity index (χ0n) is 10.2. The molecular formula is C12H16ClN3OS. The average Bonchev–Trinajstić information content (AvgIpc) is 2.89. The lowest BCUT2D eigenvalue weighted by Crippen LogP contribution is -2.29. The fourth-order valence-electron chi connectivity index (χ4n) is 1.83. The molecule has 1 unspecified atom stereocenters. The van der Waals surface area contributed by atoms with Crippen LogP contribution in [0.4, 0.5) is 5.82 Å². The number of hydrogen-bond acceptors (Lipinski definition) is 4. The fourth-order valence-corrected chi connectivity index (χ4v) is 3.37. The van der Waals surface area contributed by atoms with E-state index in [0.717, 1.165) is 12.3 Å². The van der Waals surface area contributed by atoms with E-state index in [1.165, 1.54) is 18.4 Å². The van der Waals surface area contributed by atoms with Crippen LogP contribution in [0.1, 0.15) is 16.8 Å². The second-order valence-electron chi connectivity index (χ2n) is 4.24. The number of carbonyl (C=O) groups excluding carboxylic acids is 1. The normalized spacial score (nSPS) is 18.7. The third kappa shape index (κ3) is 3.29. The molecule has 6 heteroatoms. The molecule has 18 heavy (non-hydrogen) atoms. The minimum absolute atomic E-state index is 0.107. The number of carbonyl (C=O) groups is 1. The maximum Gasteiger partial charge on any atom is 0.252 e. The predicted molar refractivity (Wildman–Crippen MR) is 76.6 cm³/mol. The Labute approximate surface area is 116 Å². The van der Waals surface area contributed by atoms with E-state index in [-0.39, 0.29) is 5.91 Å². The standard InChI is InChI=1S/C12H16ClN3OS/c1-14-11-10(13)4-9(6-15-11)12(17)16-5-8-2-3-18-7-8/h4,6,8H,2-3,5,7H2,1H3,(H,14,15)(H,16,17). The van der Waals surface area contributed by atoms with Crippen LogP contribution in [-0.4, -0.2) is 36.0 Å². The molecule has 1 aliphatic heterocycles. The lowest BCUT2D eigenvalue weighted by molar-refractivity contribution is 0.0948. The minimum atomic E-state index is -0.107. The molecule has 0 saturated carbocycles. The largest absolute Gasteiger partial charge is 0.372 e. The van der Waals surface area contributed by atoms with Crippen LogP contribution in [0.2, 0.25) is 5.02 Å². The van der Waals surface area contributed by atoms with Gasteiger partial charge in [-0.25, -0.2) is 4.98 Å². The molecule has 1 saturated heterocycles. The number of nitrogens with zero attached hydrogens (tertiary/aromatic N) is 1. The number of anilines is 1. The number of aromatic nitrogens is 1. The van der Waals surface area contributed by atoms with Gasteiger partial charge in [0.25, 0.3) is 5.91 Å². The lowest BCUT2D eigenvalue weighted by Gasteiger charge is -2.10. The summed E-state index contributed by atoms with van der Waals surface area (Å²) in [6.45, 7) is 0.733. The van der Waals surface area contributed by atoms with Crippen LogP contribution in [0.3, 0.4) is 0 Å². The van der Waals surface area contributed by atoms with E-state index in [2.05, 4.69) is 15.6 Å². The molecule has 2 rings (SSSR count). The van der Waals surface area contributed by atoms with Crippen LogP contribution in [0.15, 0.2) is 12.3 Å². The highest BCUT2D eigenvalue weighted by Gasteiger charge is 2.17. The maximum absolute atomic E-state index is 11.9. The van der Waals surface area contributed by atoms with Gasteiger partial charge in [-0.05, 0) is 29.9 Å². The molecule has 4 nitrogen and oxygen atoms in total. The van der Waals surface area contributed by atoms with Crippen molar-refractivity contribution in [3.05, 3.63) is 22.8 Å². The average molecular weight is 286 g/mol. The summed E-state index contributed by atoms with van der Waals surface area (Å²) in [6, 6.07) is 1.64. The highest BCUT2D eigenvalue weighted by atomic mass is 35.5. The van der Waals surface area contributed by atoms with Crippen LogP contribution in [-0.2, 0) is 0 Å². The summed E-state index contributed by atoms with van der Waals surface area (Å²) in [5.41, 5.74) is 0.504. The molecule has 2 N–H and O–H groups in total. The van der Waals surface area contributed by atoms with Gasteiger partial charge < -0.3 is 10.6 Å². The number of halogens is 1. The highest BCUT2D eigenvalue weighted by molar-refractivity contribution is 7.99. The summed E-state index contributed by atoms with van der Waals surface area (Å²) in [4.78, 5) is 16.0. The van der Waals surface area contributed by atoms with E-state index < -0.39 is 0 Å². The van der Waals surface area contributed by atoms with E-state index in [4.69, 9.17) is 11.6 Å². The second kappa shape index (κ2) is 6.29. The highest BCUT2D eigenvalue weighted by Crippen LogP contribution is 2.23. The van der Waals surface area contributed by atoms with E-state index >= 15 is 0 Å². The van der Waals surface area contributed by atoms with Crippen LogP contribution in [0, 0.1) is 5.92 Å². The summed E-state index contributed by atoms with van der Waals surface area (Å²) in [5, 5.41) is 6.25. The Hall–Kier alpha value is -0.940. The second-order valence-corrected chi connectivity index (χ2v) is 5.80. The van der Waals surface area contributed by atoms with Crippen LogP contribution in [0.25, 0.3) is 0 Å². The van der Waals surface area contributed by atoms with Crippen molar-refractivity contribution < 1.29 is 4.79 Å². The first-order valence-electron chi connectivity index (χ1n) is 5.90. The van der Waals surface area contributed by atoms with Crippen LogP contribution in [0.5, 0.6) is 0 Å². The molecule has 2 heterocycles. The van der Waals surface area contributed by atoms with Crippen LogP contribution < -0.4 is 10.6 Å². The summed E-state index contributed by atoms with van der Waals surface area (Å²) in [5.74, 6) is 3.41. The molecule has 0 bridgehead atoms. The van der Waals surface area contributed by atoms with Gasteiger partial charge in [-0.15, -0.1) is 0 Å². The Morgan fingerprint density at radius 2 is 2.50 bits per heavy atom. The van der Waals surface area contributed by atoms with Crippen LogP contribution >= 0.6 is 23.4 Å². The molecule has 0 radical (unpaired) electrons. The van der Waals surface area contributed by atoms with E-state index in [9.17, 15) is 4.79 Å². The number of thioether (sulfide) groups is 1. The monoisotopic (exact) mass is 285 g/mol. The fraction of sp³-hybridized carbons (Fsp3) is 0.500. The third-order valence-electron chi connectivity index (χ3n) is 2.92. The Morgan fingerprint density at radius 3 is 3.11 bits per heavy atom. The zero-order chi connectivity index (χ0) is 13.0. The molecule has 0 aromatic carbocycles. The molecule has 98 valence electrons. The summed E-state index contributed by atoms with van der Waals surface area (Å²) >= 11 is 7.94. The lowest BCUT2D eigenvalue weighted by atomic mass is 10.1. The first-order valence-corrected chi connectivity index (χ1v) is 7.43. The van der Waals surface area contributed by atoms with Gasteiger partial charge in [0.05, 0.1) is 10.6 Å². The predicted octanol–water partition coefficient (Wildman–Crippen LogP) is 2.26. The molecule has 1 fully saturated rings. The topological polar surface area (TPSA) is 54.0 Å². The van der Waals surface area contributed by atoms with Crippen molar-refractivity contribution in [1.82, 2.24) is 10.3 Å². The Balaban J connectivity index is 1.93. The molecular weight excluding hydrogens is 270 g/mol. The smallest absolute Gasteiger partial charge is 0.252 e. The molecule has 1 aromatic heterocycles. The van der Waals surface area contributed by atoms with Crippen molar-refractivity contribution in [1.29, 1.82) is 0 Å². The van der Waals surface area contributed by atoms with Crippen molar-refractivity contribution in [2.75, 3.05) is 30.4 Å². The molecule has 0 spiro atoms. The Morgan fingerprint density at radius 1 is 1.67 bits per heavy atom. The van der Waals surface area contributed by atoms with Gasteiger partial charge in [0.2, 0.25) is 0 Å². The maximum atomic E-state index is 11.9. The van der Waals surface area contributed by atoms with Crippen molar-refractivity contribution in [2.45, 2.75) is 6.42 Å². The molecule has 1 atom stereocenters. The summed E-state index contributed by atoms with van der Waals surface area (Å²) in [7, 11) is 1.74. The zero-order valence-corrected chi connectivity index (χ0v) is 11.8. The van der Waals surface area contributed by atoms with Crippen molar-refractivity contribution >= 4 is 35.1 Å². The van der Waals surface area contributed by atoms with Gasteiger partial charge >= 0.3 is 0 Å². The van der Waals surface area contributed by atoms with Gasteiger partial charge in [0.1, 0.15) is 5.82 Å². The Kier molecular flexibility index (Phi) is 4.72. The number of hydrogen-bond donors (Lipinski definition) is 2. The third-order valence-corrected chi connectivity index (χ3v) is 4.44. The Bertz CT molecular complexity index is 435. The van der Waals surface area contributed by atoms with Gasteiger partial charge in [0, 0.05) is 19.8 Å². The van der Waals surface area contributed by atoms with Gasteiger partial charge in [-0.2, -0.15) is 11.8 Å². The van der Waals surface area contributed by atoms with E-state index in [1.807, 2.05) is 11.8 Å². The SMILES string of the molecule is CNc1ncc(C(=O)NCC2CCSC2)cc1Cl. The summed E-state index contributed by atoms with van der Waals surface area (Å²) < 4.78 is 0. The molecule has 1 amide bonds. The number of pyridine rings is 1. The molecule has 0 aliphatic carbocycles. The van der Waals surface area contributed by atoms with Crippen molar-refractivity contribution in [3.8, 4) is 0 Å². The quantitative estimate of drug-likeness (QED) is 0.891. The van der Waals surface area contributed by atoms with Gasteiger partial charge in [-0.1, -0.05) is 11.6 Å². The van der Waals surface area contributed by atoms with Gasteiger partial charge in [-0.3, -0.25) is 4.79 Å². The minimum Gasteiger partial charge on any atom is -0.372 e. The summed E-state index contributed by atoms with van der Waals surface area (Å²) in [6.07, 6.45) is 2.72. The van der Waals surface area contributed by atoms with Gasteiger partial charge in [0.15, 0.2) is 0 Å². The van der Waals surface area contributed by atoms with Crippen molar-refractivity contribution in [3.63, 3.8) is 0 Å². The number of nitrogens with one attached hydrogen (secondary N) is 2. The first-order chi connectivity index (χ1) is 8.70. The van der Waals surface area contributed by atoms with E-state index in [1.54, 1.807) is 13.1 Å². The molecule has 1 aromatic rings. The first kappa shape index (κ1) is 13.5.